The van der Waals surface area contributed by atoms with Crippen molar-refractivity contribution in [3.05, 3.63) is 91.4 Å². The summed E-state index contributed by atoms with van der Waals surface area (Å²) in [4.78, 5) is 34.3. The predicted molar refractivity (Wildman–Crippen MR) is 156 cm³/mol. The number of hydrogen-bond donors (Lipinski definition) is 2. The number of hydrogen-bond acceptors (Lipinski definition) is 6. The summed E-state index contributed by atoms with van der Waals surface area (Å²) in [7, 11) is 0. The maximum Gasteiger partial charge on any atom is 0.164 e. The van der Waals surface area contributed by atoms with E-state index >= 15 is 0 Å². The first-order valence-electron chi connectivity index (χ1n) is 12.7. The number of carbonyl (C=O) groups is 2. The van der Waals surface area contributed by atoms with Crippen LogP contribution in [0, 0.1) is 41.5 Å². The van der Waals surface area contributed by atoms with Crippen LogP contribution in [0.4, 0.5) is 0 Å². The average molecular weight is 517 g/mol. The molecule has 2 N–H and O–H groups in total. The molecule has 0 aliphatic carbocycles. The number of benzene rings is 2. The van der Waals surface area contributed by atoms with Crippen LogP contribution in [0.3, 0.4) is 0 Å². The van der Waals surface area contributed by atoms with Crippen molar-refractivity contribution in [2.75, 3.05) is 0 Å². The van der Waals surface area contributed by atoms with Gasteiger partial charge in [0.1, 0.15) is 23.6 Å². The van der Waals surface area contributed by atoms with Crippen molar-refractivity contribution < 1.29 is 19.8 Å². The monoisotopic (exact) mass is 516 g/mol. The Morgan fingerprint density at radius 3 is 1.08 bits per heavy atom. The third-order valence-corrected chi connectivity index (χ3v) is 6.63. The summed E-state index contributed by atoms with van der Waals surface area (Å²) in [6.45, 7) is 17.8. The van der Waals surface area contributed by atoms with Gasteiger partial charge in [-0.2, -0.15) is 0 Å². The van der Waals surface area contributed by atoms with Gasteiger partial charge in [-0.25, -0.2) is 0 Å². The van der Waals surface area contributed by atoms with Gasteiger partial charge in [0, 0.05) is 12.4 Å². The van der Waals surface area contributed by atoms with Gasteiger partial charge in [-0.3, -0.25) is 19.6 Å². The number of nitrogens with zero attached hydrogens (tertiary/aromatic N) is 2. The molecule has 202 valence electrons. The van der Waals surface area contributed by atoms with Gasteiger partial charge in [0.2, 0.25) is 0 Å². The van der Waals surface area contributed by atoms with Gasteiger partial charge in [0.15, 0.2) is 11.6 Å². The van der Waals surface area contributed by atoms with E-state index in [-0.39, 0.29) is 34.2 Å². The largest absolute Gasteiger partial charge is 0.512 e. The summed E-state index contributed by atoms with van der Waals surface area (Å²) in [6, 6.07) is 7.15. The van der Waals surface area contributed by atoms with E-state index in [1.807, 2.05) is 41.5 Å². The lowest BCUT2D eigenvalue weighted by Crippen LogP contribution is -2.16. The Morgan fingerprint density at radius 1 is 0.605 bits per heavy atom. The second-order valence-corrected chi connectivity index (χ2v) is 10.2. The SMILES string of the molecule is CC(=O)C(C=N[C@H](c1c(C)cc(C)cc1C)[C@H](N=CC(C(C)=O)=C(C)O)c1c(C)cc(C)cc1C)=C(C)O. The minimum Gasteiger partial charge on any atom is -0.512 e. The van der Waals surface area contributed by atoms with Gasteiger partial charge >= 0.3 is 0 Å². The molecule has 2 rings (SSSR count). The Hall–Kier alpha value is -3.80. The fraction of sp³-hybridized carbons (Fsp3) is 0.375. The Kier molecular flexibility index (Phi) is 10.1. The van der Waals surface area contributed by atoms with Crippen LogP contribution < -0.4 is 0 Å². The number of aryl methyl sites for hydroxylation is 6. The van der Waals surface area contributed by atoms with Crippen LogP contribution in [-0.2, 0) is 9.59 Å². The highest BCUT2D eigenvalue weighted by molar-refractivity contribution is 6.13. The smallest absolute Gasteiger partial charge is 0.164 e. The van der Waals surface area contributed by atoms with E-state index in [0.717, 1.165) is 44.5 Å². The minimum atomic E-state index is -0.590. The number of aliphatic hydroxyl groups excluding tert-OH is 2. The average Bonchev–Trinajstić information content (AvgIpc) is 2.74. The van der Waals surface area contributed by atoms with Crippen LogP contribution in [0.25, 0.3) is 0 Å². The fourth-order valence-corrected chi connectivity index (χ4v) is 5.13. The molecule has 2 aromatic rings. The number of rotatable bonds is 9. The molecule has 0 radical (unpaired) electrons. The number of ketones is 2. The van der Waals surface area contributed by atoms with Crippen molar-refractivity contribution in [1.82, 2.24) is 0 Å². The normalized spacial score (nSPS) is 14.9. The Bertz CT molecular complexity index is 1220. The summed E-state index contributed by atoms with van der Waals surface area (Å²) >= 11 is 0. The van der Waals surface area contributed by atoms with Crippen LogP contribution in [-0.4, -0.2) is 34.2 Å². The number of allylic oxidation sites excluding steroid dienone is 4. The van der Waals surface area contributed by atoms with Gasteiger partial charge in [-0.15, -0.1) is 0 Å². The number of aliphatic imine (C=N–C) groups is 2. The lowest BCUT2D eigenvalue weighted by molar-refractivity contribution is -0.114. The molecule has 0 amide bonds. The van der Waals surface area contributed by atoms with E-state index in [1.54, 1.807) is 0 Å². The van der Waals surface area contributed by atoms with Crippen LogP contribution in [0.15, 0.2) is 56.9 Å². The third kappa shape index (κ3) is 7.15. The van der Waals surface area contributed by atoms with Crippen LogP contribution in [0.5, 0.6) is 0 Å². The van der Waals surface area contributed by atoms with Crippen molar-refractivity contribution >= 4 is 24.0 Å². The second-order valence-electron chi connectivity index (χ2n) is 10.2. The molecule has 0 aliphatic heterocycles. The lowest BCUT2D eigenvalue weighted by atomic mass is 9.84. The topological polar surface area (TPSA) is 99.3 Å². The third-order valence-electron chi connectivity index (χ3n) is 6.63. The summed E-state index contributed by atoms with van der Waals surface area (Å²) in [6.07, 6.45) is 2.84. The minimum absolute atomic E-state index is 0.113. The van der Waals surface area contributed by atoms with Crippen molar-refractivity contribution in [3.63, 3.8) is 0 Å². The standard InChI is InChI=1S/C32H40N2O4/c1-17-11-19(3)29(20(4)12-17)31(33-15-27(23(7)35)24(8)36)32(34-16-28(25(9)37)26(10)38)30-21(5)13-18(2)14-22(30)6/h11-16,31-32,35,37H,1-10H3/t31-,32-/m1/s1. The van der Waals surface area contributed by atoms with Crippen molar-refractivity contribution in [1.29, 1.82) is 0 Å². The Balaban J connectivity index is 3.01. The molecule has 0 aliphatic rings. The molecule has 0 bridgehead atoms. The maximum atomic E-state index is 12.3. The summed E-state index contributed by atoms with van der Waals surface area (Å²) in [5.74, 6) is -0.828. The molecule has 2 atom stereocenters. The van der Waals surface area contributed by atoms with Crippen molar-refractivity contribution in [3.8, 4) is 0 Å². The molecular formula is C32H40N2O4. The van der Waals surface area contributed by atoms with Gasteiger partial charge in [-0.1, -0.05) is 35.4 Å². The van der Waals surface area contributed by atoms with Gasteiger partial charge in [0.05, 0.1) is 11.1 Å². The first-order chi connectivity index (χ1) is 17.6. The zero-order chi connectivity index (χ0) is 28.9. The van der Waals surface area contributed by atoms with E-state index in [1.165, 1.54) is 40.1 Å². The van der Waals surface area contributed by atoms with E-state index in [2.05, 4.69) is 24.3 Å². The molecule has 0 heterocycles. The quantitative estimate of drug-likeness (QED) is 0.207. The van der Waals surface area contributed by atoms with Crippen LogP contribution in [0.1, 0.15) is 84.3 Å². The molecule has 6 heteroatoms. The zero-order valence-electron chi connectivity index (χ0n) is 24.2. The first-order valence-corrected chi connectivity index (χ1v) is 12.7. The zero-order valence-corrected chi connectivity index (χ0v) is 24.2. The molecule has 2 aromatic carbocycles. The molecular weight excluding hydrogens is 476 g/mol. The first kappa shape index (κ1) is 30.4. The molecule has 6 nitrogen and oxygen atoms in total. The lowest BCUT2D eigenvalue weighted by Gasteiger charge is -2.28. The van der Waals surface area contributed by atoms with Crippen molar-refractivity contribution in [2.24, 2.45) is 9.98 Å². The fourth-order valence-electron chi connectivity index (χ4n) is 5.13. The number of aliphatic hydroxyl groups is 2. The summed E-state index contributed by atoms with van der Waals surface area (Å²) in [5, 5.41) is 20.3. The van der Waals surface area contributed by atoms with Crippen LogP contribution in [0.2, 0.25) is 0 Å². The molecule has 0 spiro atoms. The second kappa shape index (κ2) is 12.6. The van der Waals surface area contributed by atoms with Crippen molar-refractivity contribution in [2.45, 2.75) is 81.3 Å². The number of Topliss-reactive ketones (excluding diaryl/α,β-unsaturated/α-hetero) is 2. The van der Waals surface area contributed by atoms with Crippen LogP contribution >= 0.6 is 0 Å². The molecule has 0 fully saturated rings. The Morgan fingerprint density at radius 2 is 0.868 bits per heavy atom. The van der Waals surface area contributed by atoms with Gasteiger partial charge in [-0.05, 0) is 103 Å². The van der Waals surface area contributed by atoms with E-state index in [0.29, 0.717) is 0 Å². The number of carbonyl (C=O) groups excluding carboxylic acids is 2. The predicted octanol–water partition coefficient (Wildman–Crippen LogP) is 7.30. The summed E-state index contributed by atoms with van der Waals surface area (Å²) < 4.78 is 0. The van der Waals surface area contributed by atoms with Gasteiger partial charge in [0.25, 0.3) is 0 Å². The van der Waals surface area contributed by atoms with E-state index in [4.69, 9.17) is 9.98 Å². The molecule has 38 heavy (non-hydrogen) atoms. The molecule has 0 aromatic heterocycles. The molecule has 0 saturated carbocycles. The molecule has 0 unspecified atom stereocenters. The van der Waals surface area contributed by atoms with E-state index in [9.17, 15) is 19.8 Å². The highest BCUT2D eigenvalue weighted by Crippen LogP contribution is 2.41. The van der Waals surface area contributed by atoms with E-state index < -0.39 is 12.1 Å². The van der Waals surface area contributed by atoms with Gasteiger partial charge < -0.3 is 10.2 Å². The Labute approximate surface area is 226 Å². The highest BCUT2D eigenvalue weighted by Gasteiger charge is 2.29. The summed E-state index contributed by atoms with van der Waals surface area (Å²) in [5.41, 5.74) is 8.42. The highest BCUT2D eigenvalue weighted by atomic mass is 16.3. The molecule has 0 saturated heterocycles. The maximum absolute atomic E-state index is 12.3.